The number of aryl methyl sites for hydroxylation is 3. The third-order valence-corrected chi connectivity index (χ3v) is 3.57. The first kappa shape index (κ1) is 15.7. The highest BCUT2D eigenvalue weighted by atomic mass is 79.9. The minimum absolute atomic E-state index is 0.198. The molecule has 4 nitrogen and oxygen atoms in total. The molecule has 1 aromatic heterocycles. The van der Waals surface area contributed by atoms with Crippen molar-refractivity contribution in [3.63, 3.8) is 0 Å². The molecule has 0 radical (unpaired) electrons. The second-order valence-corrected chi connectivity index (χ2v) is 5.98. The van der Waals surface area contributed by atoms with Crippen molar-refractivity contribution >= 4 is 44.9 Å². The number of furan rings is 1. The maximum atomic E-state index is 11.9. The Hall–Kier alpha value is -1.66. The molecule has 2 aromatic rings. The molecule has 1 heterocycles. The Kier molecular flexibility index (Phi) is 4.80. The maximum absolute atomic E-state index is 11.9. The SMILES string of the molecule is Cc1cc(C)c(NC(=S)NC(=O)c2ccc(Br)o2)c(C)c1. The highest BCUT2D eigenvalue weighted by Gasteiger charge is 2.13. The normalized spacial score (nSPS) is 10.3. The Balaban J connectivity index is 2.07. The van der Waals surface area contributed by atoms with Gasteiger partial charge >= 0.3 is 0 Å². The van der Waals surface area contributed by atoms with Crippen LogP contribution in [-0.4, -0.2) is 11.0 Å². The number of amides is 1. The van der Waals surface area contributed by atoms with Gasteiger partial charge in [0, 0.05) is 5.69 Å². The van der Waals surface area contributed by atoms with Crippen LogP contribution in [0.25, 0.3) is 0 Å². The van der Waals surface area contributed by atoms with E-state index in [0.717, 1.165) is 16.8 Å². The monoisotopic (exact) mass is 366 g/mol. The topological polar surface area (TPSA) is 54.3 Å². The van der Waals surface area contributed by atoms with Crippen molar-refractivity contribution in [2.75, 3.05) is 5.32 Å². The molecular formula is C15H15BrN2O2S. The van der Waals surface area contributed by atoms with E-state index in [-0.39, 0.29) is 16.8 Å². The summed E-state index contributed by atoms with van der Waals surface area (Å²) >= 11 is 8.33. The Labute approximate surface area is 137 Å². The Morgan fingerprint density at radius 3 is 2.33 bits per heavy atom. The van der Waals surface area contributed by atoms with Crippen molar-refractivity contribution in [3.05, 3.63) is 51.4 Å². The molecule has 0 unspecified atom stereocenters. The summed E-state index contributed by atoms with van der Waals surface area (Å²) in [7, 11) is 0. The fourth-order valence-electron chi connectivity index (χ4n) is 2.12. The smallest absolute Gasteiger partial charge is 0.293 e. The van der Waals surface area contributed by atoms with E-state index in [1.165, 1.54) is 5.56 Å². The van der Waals surface area contributed by atoms with E-state index < -0.39 is 0 Å². The van der Waals surface area contributed by atoms with E-state index in [4.69, 9.17) is 16.6 Å². The number of hydrogen-bond donors (Lipinski definition) is 2. The first-order valence-corrected chi connectivity index (χ1v) is 7.52. The fourth-order valence-corrected chi connectivity index (χ4v) is 2.62. The van der Waals surface area contributed by atoms with Crippen LogP contribution in [0.1, 0.15) is 27.2 Å². The second-order valence-electron chi connectivity index (χ2n) is 4.79. The van der Waals surface area contributed by atoms with Crippen LogP contribution >= 0.6 is 28.1 Å². The summed E-state index contributed by atoms with van der Waals surface area (Å²) in [6.07, 6.45) is 0. The number of carbonyl (C=O) groups excluding carboxylic acids is 1. The number of benzene rings is 1. The molecule has 0 aliphatic carbocycles. The van der Waals surface area contributed by atoms with Crippen LogP contribution in [0.2, 0.25) is 0 Å². The van der Waals surface area contributed by atoms with Crippen LogP contribution in [0.3, 0.4) is 0 Å². The third-order valence-electron chi connectivity index (χ3n) is 2.94. The lowest BCUT2D eigenvalue weighted by Gasteiger charge is -2.14. The summed E-state index contributed by atoms with van der Waals surface area (Å²) in [5.41, 5.74) is 4.24. The molecule has 0 saturated heterocycles. The zero-order chi connectivity index (χ0) is 15.6. The minimum Gasteiger partial charge on any atom is -0.444 e. The van der Waals surface area contributed by atoms with Gasteiger partial charge in [0.15, 0.2) is 15.5 Å². The van der Waals surface area contributed by atoms with Crippen molar-refractivity contribution in [3.8, 4) is 0 Å². The molecule has 0 saturated carbocycles. The van der Waals surface area contributed by atoms with Gasteiger partial charge in [-0.1, -0.05) is 17.7 Å². The number of carbonyl (C=O) groups is 1. The van der Waals surface area contributed by atoms with Crippen molar-refractivity contribution in [1.29, 1.82) is 0 Å². The molecule has 2 N–H and O–H groups in total. The molecule has 0 aliphatic rings. The molecule has 6 heteroatoms. The largest absolute Gasteiger partial charge is 0.444 e. The number of thiocarbonyl (C=S) groups is 1. The van der Waals surface area contributed by atoms with Gasteiger partial charge in [-0.25, -0.2) is 0 Å². The Morgan fingerprint density at radius 1 is 1.19 bits per heavy atom. The van der Waals surface area contributed by atoms with E-state index in [1.807, 2.05) is 20.8 Å². The molecule has 0 spiro atoms. The van der Waals surface area contributed by atoms with Crippen LogP contribution in [0.5, 0.6) is 0 Å². The number of rotatable bonds is 2. The first-order valence-electron chi connectivity index (χ1n) is 6.32. The molecule has 0 aliphatic heterocycles. The predicted octanol–water partition coefficient (Wildman–Crippen LogP) is 4.09. The summed E-state index contributed by atoms with van der Waals surface area (Å²) in [5.74, 6) is -0.191. The standard InChI is InChI=1S/C15H15BrN2O2S/c1-8-6-9(2)13(10(3)7-8)17-15(21)18-14(19)11-4-5-12(16)20-11/h4-7H,1-3H3,(H2,17,18,19,21). The highest BCUT2D eigenvalue weighted by molar-refractivity contribution is 9.10. The average Bonchev–Trinajstić information content (AvgIpc) is 2.80. The van der Waals surface area contributed by atoms with Gasteiger partial charge < -0.3 is 9.73 Å². The van der Waals surface area contributed by atoms with Gasteiger partial charge in [0.05, 0.1) is 0 Å². The van der Waals surface area contributed by atoms with Crippen LogP contribution in [0, 0.1) is 20.8 Å². The van der Waals surface area contributed by atoms with Gasteiger partial charge in [-0.05, 0) is 72.2 Å². The van der Waals surface area contributed by atoms with Crippen molar-refractivity contribution in [1.82, 2.24) is 5.32 Å². The lowest BCUT2D eigenvalue weighted by atomic mass is 10.1. The Morgan fingerprint density at radius 2 is 1.81 bits per heavy atom. The first-order chi connectivity index (χ1) is 9.86. The quantitative estimate of drug-likeness (QED) is 0.785. The van der Waals surface area contributed by atoms with E-state index >= 15 is 0 Å². The average molecular weight is 367 g/mol. The molecule has 0 atom stereocenters. The Bertz CT molecular complexity index is 686. The summed E-state index contributed by atoms with van der Waals surface area (Å²) in [4.78, 5) is 11.9. The predicted molar refractivity (Wildman–Crippen MR) is 90.7 cm³/mol. The highest BCUT2D eigenvalue weighted by Crippen LogP contribution is 2.21. The lowest BCUT2D eigenvalue weighted by molar-refractivity contribution is 0.0949. The van der Waals surface area contributed by atoms with Crippen molar-refractivity contribution in [2.24, 2.45) is 0 Å². The van der Waals surface area contributed by atoms with Gasteiger partial charge in [0.2, 0.25) is 0 Å². The minimum atomic E-state index is -0.388. The molecular weight excluding hydrogens is 352 g/mol. The van der Waals surface area contributed by atoms with E-state index in [2.05, 4.69) is 38.7 Å². The number of halogens is 1. The zero-order valence-corrected chi connectivity index (χ0v) is 14.3. The molecule has 110 valence electrons. The maximum Gasteiger partial charge on any atom is 0.293 e. The van der Waals surface area contributed by atoms with Crippen molar-refractivity contribution in [2.45, 2.75) is 20.8 Å². The van der Waals surface area contributed by atoms with Crippen LogP contribution < -0.4 is 10.6 Å². The molecule has 1 amide bonds. The van der Waals surface area contributed by atoms with E-state index in [0.29, 0.717) is 4.67 Å². The lowest BCUT2D eigenvalue weighted by Crippen LogP contribution is -2.34. The molecule has 2 rings (SSSR count). The summed E-state index contributed by atoms with van der Waals surface area (Å²) in [6.45, 7) is 6.03. The van der Waals surface area contributed by atoms with Gasteiger partial charge in [0.25, 0.3) is 5.91 Å². The molecule has 0 bridgehead atoms. The fraction of sp³-hybridized carbons (Fsp3) is 0.200. The van der Waals surface area contributed by atoms with Crippen LogP contribution in [-0.2, 0) is 0 Å². The zero-order valence-electron chi connectivity index (χ0n) is 11.9. The van der Waals surface area contributed by atoms with Crippen LogP contribution in [0.15, 0.2) is 33.4 Å². The second kappa shape index (κ2) is 6.41. The summed E-state index contributed by atoms with van der Waals surface area (Å²) in [6, 6.07) is 7.34. The van der Waals surface area contributed by atoms with Gasteiger partial charge in [-0.2, -0.15) is 0 Å². The van der Waals surface area contributed by atoms with Gasteiger partial charge in [-0.15, -0.1) is 0 Å². The van der Waals surface area contributed by atoms with Crippen LogP contribution in [0.4, 0.5) is 5.69 Å². The summed E-state index contributed by atoms with van der Waals surface area (Å²) in [5, 5.41) is 5.89. The van der Waals surface area contributed by atoms with E-state index in [9.17, 15) is 4.79 Å². The van der Waals surface area contributed by atoms with E-state index in [1.54, 1.807) is 12.1 Å². The third kappa shape index (κ3) is 3.92. The molecule has 0 fully saturated rings. The number of nitrogens with one attached hydrogen (secondary N) is 2. The number of hydrogen-bond acceptors (Lipinski definition) is 3. The number of anilines is 1. The van der Waals surface area contributed by atoms with Crippen molar-refractivity contribution < 1.29 is 9.21 Å². The summed E-state index contributed by atoms with van der Waals surface area (Å²) < 4.78 is 5.67. The van der Waals surface area contributed by atoms with Gasteiger partial charge in [-0.3, -0.25) is 10.1 Å². The molecule has 21 heavy (non-hydrogen) atoms. The van der Waals surface area contributed by atoms with Gasteiger partial charge in [0.1, 0.15) is 0 Å². The molecule has 1 aromatic carbocycles.